The molecule has 0 aromatic carbocycles. The molecule has 3 atom stereocenters. The van der Waals surface area contributed by atoms with Gasteiger partial charge < -0.3 is 15.3 Å². The molecular weight excluding hydrogens is 289 g/mol. The third kappa shape index (κ3) is 6.22. The summed E-state index contributed by atoms with van der Waals surface area (Å²) in [5.74, 6) is -0.580. The van der Waals surface area contributed by atoms with Crippen molar-refractivity contribution >= 4 is 12.0 Å². The molecule has 0 aliphatic heterocycles. The van der Waals surface area contributed by atoms with E-state index in [4.69, 9.17) is 5.11 Å². The monoisotopic (exact) mass is 310 g/mol. The van der Waals surface area contributed by atoms with Gasteiger partial charge in [0.2, 0.25) is 0 Å². The smallest absolute Gasteiger partial charge is 0.406 e. The van der Waals surface area contributed by atoms with Crippen molar-refractivity contribution in [2.45, 2.75) is 45.3 Å². The van der Waals surface area contributed by atoms with Gasteiger partial charge in [0.05, 0.1) is 0 Å². The molecule has 8 heteroatoms. The first-order valence-corrected chi connectivity index (χ1v) is 6.92. The number of aliphatic carboxylic acids is 1. The molecule has 0 bridgehead atoms. The average Bonchev–Trinajstić information content (AvgIpc) is 2.30. The lowest BCUT2D eigenvalue weighted by Gasteiger charge is -2.34. The number of carboxylic acids is 1. The summed E-state index contributed by atoms with van der Waals surface area (Å²) in [7, 11) is 0. The Hall–Kier alpha value is -1.47. The van der Waals surface area contributed by atoms with Crippen molar-refractivity contribution in [2.24, 2.45) is 11.8 Å². The SMILES string of the molecule is CC1CCC(NC(=O)N(CC(=O)O)CC(F)(F)F)CC1C. The lowest BCUT2D eigenvalue weighted by Crippen LogP contribution is -2.51. The van der Waals surface area contributed by atoms with Gasteiger partial charge >= 0.3 is 18.2 Å². The minimum Gasteiger partial charge on any atom is -0.480 e. The first-order valence-electron chi connectivity index (χ1n) is 6.92. The van der Waals surface area contributed by atoms with E-state index < -0.39 is 31.3 Å². The van der Waals surface area contributed by atoms with E-state index in [9.17, 15) is 22.8 Å². The summed E-state index contributed by atoms with van der Waals surface area (Å²) in [6.07, 6.45) is -2.34. The lowest BCUT2D eigenvalue weighted by atomic mass is 9.79. The van der Waals surface area contributed by atoms with Crippen LogP contribution in [-0.4, -0.2) is 47.3 Å². The summed E-state index contributed by atoms with van der Waals surface area (Å²) in [6, 6.07) is -1.17. The van der Waals surface area contributed by atoms with Gasteiger partial charge in [-0.15, -0.1) is 0 Å². The maximum Gasteiger partial charge on any atom is 0.406 e. The largest absolute Gasteiger partial charge is 0.480 e. The lowest BCUT2D eigenvalue weighted by molar-refractivity contribution is -0.149. The molecule has 3 unspecified atom stereocenters. The van der Waals surface area contributed by atoms with E-state index in [0.717, 1.165) is 6.42 Å². The van der Waals surface area contributed by atoms with E-state index in [0.29, 0.717) is 24.7 Å². The molecule has 0 aromatic heterocycles. The van der Waals surface area contributed by atoms with Crippen molar-refractivity contribution < 1.29 is 27.9 Å². The molecule has 1 rings (SSSR count). The van der Waals surface area contributed by atoms with Crippen LogP contribution >= 0.6 is 0 Å². The normalized spacial score (nSPS) is 26.2. The summed E-state index contributed by atoms with van der Waals surface area (Å²) >= 11 is 0. The van der Waals surface area contributed by atoms with Crippen LogP contribution in [-0.2, 0) is 4.79 Å². The summed E-state index contributed by atoms with van der Waals surface area (Å²) in [4.78, 5) is 22.7. The second kappa shape index (κ2) is 7.00. The van der Waals surface area contributed by atoms with Gasteiger partial charge in [-0.05, 0) is 31.1 Å². The van der Waals surface area contributed by atoms with E-state index in [1.807, 2.05) is 6.92 Å². The Morgan fingerprint density at radius 2 is 1.86 bits per heavy atom. The highest BCUT2D eigenvalue weighted by atomic mass is 19.4. The fourth-order valence-electron chi connectivity index (χ4n) is 2.52. The Labute approximate surface area is 121 Å². The van der Waals surface area contributed by atoms with Gasteiger partial charge in [-0.25, -0.2) is 4.79 Å². The number of nitrogens with zero attached hydrogens (tertiary/aromatic N) is 1. The number of carbonyl (C=O) groups excluding carboxylic acids is 1. The van der Waals surface area contributed by atoms with Gasteiger partial charge in [0.25, 0.3) is 0 Å². The molecule has 0 saturated heterocycles. The van der Waals surface area contributed by atoms with Crippen LogP contribution < -0.4 is 5.32 Å². The molecule has 1 aliphatic carbocycles. The highest BCUT2D eigenvalue weighted by Crippen LogP contribution is 2.29. The van der Waals surface area contributed by atoms with Crippen LogP contribution in [0.1, 0.15) is 33.1 Å². The molecule has 0 aromatic rings. The number of halogens is 3. The topological polar surface area (TPSA) is 69.6 Å². The Bertz CT molecular complexity index is 387. The summed E-state index contributed by atoms with van der Waals surface area (Å²) in [6.45, 7) is 1.60. The molecule has 5 nitrogen and oxygen atoms in total. The number of nitrogens with one attached hydrogen (secondary N) is 1. The fraction of sp³-hybridized carbons (Fsp3) is 0.846. The maximum absolute atomic E-state index is 12.4. The zero-order valence-electron chi connectivity index (χ0n) is 12.1. The zero-order chi connectivity index (χ0) is 16.2. The number of amides is 2. The van der Waals surface area contributed by atoms with Crippen molar-refractivity contribution in [3.05, 3.63) is 0 Å². The van der Waals surface area contributed by atoms with Gasteiger partial charge in [0.1, 0.15) is 13.1 Å². The number of hydrogen-bond donors (Lipinski definition) is 2. The number of hydrogen-bond acceptors (Lipinski definition) is 2. The Kier molecular flexibility index (Phi) is 5.86. The second-order valence-corrected chi connectivity index (χ2v) is 5.78. The van der Waals surface area contributed by atoms with Crippen molar-refractivity contribution in [1.82, 2.24) is 10.2 Å². The van der Waals surface area contributed by atoms with Crippen LogP contribution in [0.3, 0.4) is 0 Å². The van der Waals surface area contributed by atoms with Crippen LogP contribution in [0, 0.1) is 11.8 Å². The average molecular weight is 310 g/mol. The minimum atomic E-state index is -4.62. The molecule has 1 saturated carbocycles. The van der Waals surface area contributed by atoms with Crippen molar-refractivity contribution in [3.63, 3.8) is 0 Å². The van der Waals surface area contributed by atoms with Crippen LogP contribution in [0.25, 0.3) is 0 Å². The number of alkyl halides is 3. The third-order valence-corrected chi connectivity index (χ3v) is 3.91. The minimum absolute atomic E-state index is 0.201. The van der Waals surface area contributed by atoms with E-state index in [1.165, 1.54) is 0 Å². The van der Waals surface area contributed by atoms with Crippen molar-refractivity contribution in [1.29, 1.82) is 0 Å². The number of carbonyl (C=O) groups is 2. The molecule has 1 aliphatic rings. The Balaban J connectivity index is 2.61. The van der Waals surface area contributed by atoms with Gasteiger partial charge in [0.15, 0.2) is 0 Å². The summed E-state index contributed by atoms with van der Waals surface area (Å²) < 4.78 is 37.2. The van der Waals surface area contributed by atoms with E-state index in [1.54, 1.807) is 0 Å². The number of urea groups is 1. The molecular formula is C13H21F3N2O3. The molecule has 21 heavy (non-hydrogen) atoms. The predicted octanol–water partition coefficient (Wildman–Crippen LogP) is 2.47. The molecule has 0 heterocycles. The Morgan fingerprint density at radius 3 is 2.33 bits per heavy atom. The van der Waals surface area contributed by atoms with Gasteiger partial charge in [-0.3, -0.25) is 4.79 Å². The Morgan fingerprint density at radius 1 is 1.24 bits per heavy atom. The summed E-state index contributed by atoms with van der Waals surface area (Å²) in [5.41, 5.74) is 0. The van der Waals surface area contributed by atoms with E-state index in [-0.39, 0.29) is 10.9 Å². The zero-order valence-corrected chi connectivity index (χ0v) is 12.1. The van der Waals surface area contributed by atoms with Crippen LogP contribution in [0.2, 0.25) is 0 Å². The van der Waals surface area contributed by atoms with Gasteiger partial charge in [0, 0.05) is 6.04 Å². The van der Waals surface area contributed by atoms with Gasteiger partial charge in [-0.1, -0.05) is 13.8 Å². The first-order chi connectivity index (χ1) is 9.58. The highest BCUT2D eigenvalue weighted by Gasteiger charge is 2.35. The molecule has 0 radical (unpaired) electrons. The van der Waals surface area contributed by atoms with Gasteiger partial charge in [-0.2, -0.15) is 13.2 Å². The summed E-state index contributed by atoms with van der Waals surface area (Å²) in [5, 5.41) is 11.1. The highest BCUT2D eigenvalue weighted by molar-refractivity contribution is 5.80. The van der Waals surface area contributed by atoms with Crippen LogP contribution in [0.4, 0.5) is 18.0 Å². The molecule has 2 amide bonds. The van der Waals surface area contributed by atoms with E-state index in [2.05, 4.69) is 12.2 Å². The van der Waals surface area contributed by atoms with Crippen molar-refractivity contribution in [3.8, 4) is 0 Å². The molecule has 2 N–H and O–H groups in total. The quantitative estimate of drug-likeness (QED) is 0.838. The van der Waals surface area contributed by atoms with E-state index >= 15 is 0 Å². The van der Waals surface area contributed by atoms with Crippen molar-refractivity contribution in [2.75, 3.05) is 13.1 Å². The maximum atomic E-state index is 12.4. The van der Waals surface area contributed by atoms with Crippen LogP contribution in [0.15, 0.2) is 0 Å². The predicted molar refractivity (Wildman–Crippen MR) is 69.8 cm³/mol. The number of carboxylic acid groups (broad SMARTS) is 1. The molecule has 122 valence electrons. The second-order valence-electron chi connectivity index (χ2n) is 5.78. The molecule has 1 fully saturated rings. The van der Waals surface area contributed by atoms with Crippen LogP contribution in [0.5, 0.6) is 0 Å². The molecule has 0 spiro atoms. The standard InChI is InChI=1S/C13H21F3N2O3/c1-8-3-4-10(5-9(8)2)17-12(21)18(6-11(19)20)7-13(14,15)16/h8-10H,3-7H2,1-2H3,(H,17,21)(H,19,20). The fourth-order valence-corrected chi connectivity index (χ4v) is 2.52. The first kappa shape index (κ1) is 17.6. The number of rotatable bonds is 4. The third-order valence-electron chi connectivity index (χ3n) is 3.91.